The van der Waals surface area contributed by atoms with Crippen molar-refractivity contribution in [1.82, 2.24) is 24.5 Å². The third-order valence-electron chi connectivity index (χ3n) is 3.32. The van der Waals surface area contributed by atoms with Crippen molar-refractivity contribution in [2.75, 3.05) is 6.54 Å². The zero-order valence-corrected chi connectivity index (χ0v) is 12.1. The molecule has 108 valence electrons. The number of amides is 1. The summed E-state index contributed by atoms with van der Waals surface area (Å²) in [7, 11) is 1.77. The van der Waals surface area contributed by atoms with Gasteiger partial charge in [0.1, 0.15) is 11.3 Å². The van der Waals surface area contributed by atoms with Crippen molar-refractivity contribution in [2.24, 2.45) is 7.05 Å². The second kappa shape index (κ2) is 5.40. The molecule has 0 radical (unpaired) electrons. The molecule has 3 heterocycles. The number of aryl methyl sites for hydroxylation is 2. The number of aromatic nitrogens is 4. The van der Waals surface area contributed by atoms with E-state index in [2.05, 4.69) is 15.4 Å². The highest BCUT2D eigenvalue weighted by Gasteiger charge is 2.11. The fraction of sp³-hybridized carbons (Fsp3) is 0.267. The maximum Gasteiger partial charge on any atom is 0.269 e. The number of nitrogens with one attached hydrogen (secondary N) is 1. The van der Waals surface area contributed by atoms with Crippen LogP contribution in [-0.2, 0) is 13.5 Å². The molecule has 0 aliphatic carbocycles. The van der Waals surface area contributed by atoms with Crippen LogP contribution in [0.2, 0.25) is 0 Å². The zero-order chi connectivity index (χ0) is 14.8. The number of carbonyl (C=O) groups is 1. The van der Waals surface area contributed by atoms with E-state index < -0.39 is 0 Å². The van der Waals surface area contributed by atoms with E-state index in [9.17, 15) is 4.79 Å². The number of pyridine rings is 1. The van der Waals surface area contributed by atoms with Crippen molar-refractivity contribution in [3.8, 4) is 0 Å². The largest absolute Gasteiger partial charge is 0.350 e. The van der Waals surface area contributed by atoms with Gasteiger partial charge in [0.25, 0.3) is 5.91 Å². The third-order valence-corrected chi connectivity index (χ3v) is 3.32. The Morgan fingerprint density at radius 2 is 2.24 bits per heavy atom. The molecule has 0 aliphatic rings. The molecule has 0 saturated heterocycles. The molecule has 1 N–H and O–H groups in total. The summed E-state index contributed by atoms with van der Waals surface area (Å²) in [5, 5.41) is 7.06. The van der Waals surface area contributed by atoms with Gasteiger partial charge in [-0.3, -0.25) is 9.48 Å². The van der Waals surface area contributed by atoms with Gasteiger partial charge in [-0.15, -0.1) is 0 Å². The van der Waals surface area contributed by atoms with E-state index in [1.165, 1.54) is 0 Å². The highest BCUT2D eigenvalue weighted by atomic mass is 16.2. The summed E-state index contributed by atoms with van der Waals surface area (Å²) >= 11 is 0. The van der Waals surface area contributed by atoms with Crippen LogP contribution in [0, 0.1) is 6.92 Å². The molecule has 0 aromatic carbocycles. The quantitative estimate of drug-likeness (QED) is 0.786. The molecule has 0 unspecified atom stereocenters. The molecule has 0 spiro atoms. The first kappa shape index (κ1) is 13.4. The van der Waals surface area contributed by atoms with Gasteiger partial charge in [-0.2, -0.15) is 5.10 Å². The zero-order valence-electron chi connectivity index (χ0n) is 12.1. The molecule has 3 aromatic rings. The van der Waals surface area contributed by atoms with E-state index in [0.29, 0.717) is 18.7 Å². The van der Waals surface area contributed by atoms with Gasteiger partial charge in [-0.25, -0.2) is 4.98 Å². The molecule has 0 atom stereocenters. The minimum Gasteiger partial charge on any atom is -0.350 e. The smallest absolute Gasteiger partial charge is 0.269 e. The van der Waals surface area contributed by atoms with Crippen LogP contribution in [0.4, 0.5) is 0 Å². The van der Waals surface area contributed by atoms with Crippen LogP contribution in [0.1, 0.15) is 21.9 Å². The Morgan fingerprint density at radius 3 is 2.95 bits per heavy atom. The summed E-state index contributed by atoms with van der Waals surface area (Å²) in [5.74, 6) is -0.109. The number of imidazole rings is 1. The van der Waals surface area contributed by atoms with Gasteiger partial charge in [-0.05, 0) is 25.1 Å². The fourth-order valence-electron chi connectivity index (χ4n) is 2.33. The Kier molecular flexibility index (Phi) is 3.43. The Balaban J connectivity index is 1.60. The lowest BCUT2D eigenvalue weighted by Gasteiger charge is -2.03. The maximum atomic E-state index is 12.0. The summed E-state index contributed by atoms with van der Waals surface area (Å²) in [6, 6.07) is 7.66. The predicted molar refractivity (Wildman–Crippen MR) is 79.2 cm³/mol. The van der Waals surface area contributed by atoms with Gasteiger partial charge >= 0.3 is 0 Å². The van der Waals surface area contributed by atoms with Gasteiger partial charge in [0.05, 0.1) is 11.4 Å². The molecular formula is C15H17N5O. The molecule has 21 heavy (non-hydrogen) atoms. The third kappa shape index (κ3) is 2.79. The molecule has 0 aliphatic heterocycles. The van der Waals surface area contributed by atoms with Crippen molar-refractivity contribution in [2.45, 2.75) is 13.3 Å². The second-order valence-corrected chi connectivity index (χ2v) is 5.00. The van der Waals surface area contributed by atoms with Crippen LogP contribution in [0.5, 0.6) is 0 Å². The minimum absolute atomic E-state index is 0.109. The average molecular weight is 283 g/mol. The number of hydrogen-bond acceptors (Lipinski definition) is 3. The molecular weight excluding hydrogens is 266 g/mol. The van der Waals surface area contributed by atoms with Gasteiger partial charge in [-0.1, -0.05) is 6.07 Å². The molecule has 6 nitrogen and oxygen atoms in total. The van der Waals surface area contributed by atoms with Crippen molar-refractivity contribution in [3.63, 3.8) is 0 Å². The number of nitrogens with zero attached hydrogens (tertiary/aromatic N) is 4. The predicted octanol–water partition coefficient (Wildman–Crippen LogP) is 1.35. The molecule has 3 aromatic heterocycles. The Morgan fingerprint density at radius 1 is 1.38 bits per heavy atom. The summed E-state index contributed by atoms with van der Waals surface area (Å²) in [6.07, 6.45) is 4.64. The molecule has 0 fully saturated rings. The second-order valence-electron chi connectivity index (χ2n) is 5.00. The molecule has 1 amide bonds. The lowest BCUT2D eigenvalue weighted by molar-refractivity contribution is 0.0944. The number of carbonyl (C=O) groups excluding carboxylic acids is 1. The Labute approximate surface area is 122 Å². The molecule has 6 heteroatoms. The molecule has 3 rings (SSSR count). The Bertz CT molecular complexity index is 753. The summed E-state index contributed by atoms with van der Waals surface area (Å²) < 4.78 is 3.57. The first-order chi connectivity index (χ1) is 10.1. The van der Waals surface area contributed by atoms with E-state index in [4.69, 9.17) is 0 Å². The SMILES string of the molecule is Cc1cc(C(=O)NCCc2cn3ccccc3n2)n(C)n1. The van der Waals surface area contributed by atoms with E-state index in [1.807, 2.05) is 41.9 Å². The van der Waals surface area contributed by atoms with Gasteiger partial charge in [0, 0.05) is 32.4 Å². The number of fused-ring (bicyclic) bond motifs is 1. The monoisotopic (exact) mass is 283 g/mol. The maximum absolute atomic E-state index is 12.0. The van der Waals surface area contributed by atoms with Crippen LogP contribution in [-0.4, -0.2) is 31.6 Å². The van der Waals surface area contributed by atoms with Gasteiger partial charge in [0.15, 0.2) is 0 Å². The van der Waals surface area contributed by atoms with Crippen molar-refractivity contribution in [1.29, 1.82) is 0 Å². The van der Waals surface area contributed by atoms with Crippen molar-refractivity contribution < 1.29 is 4.79 Å². The summed E-state index contributed by atoms with van der Waals surface area (Å²) in [5.41, 5.74) is 3.29. The van der Waals surface area contributed by atoms with Gasteiger partial charge in [0.2, 0.25) is 0 Å². The highest BCUT2D eigenvalue weighted by Crippen LogP contribution is 2.05. The fourth-order valence-corrected chi connectivity index (χ4v) is 2.33. The summed E-state index contributed by atoms with van der Waals surface area (Å²) in [4.78, 5) is 16.5. The number of rotatable bonds is 4. The van der Waals surface area contributed by atoms with Crippen molar-refractivity contribution >= 4 is 11.6 Å². The highest BCUT2D eigenvalue weighted by molar-refractivity contribution is 5.92. The lowest BCUT2D eigenvalue weighted by Crippen LogP contribution is -2.27. The van der Waals surface area contributed by atoms with E-state index in [-0.39, 0.29) is 5.91 Å². The van der Waals surface area contributed by atoms with E-state index in [1.54, 1.807) is 17.8 Å². The van der Waals surface area contributed by atoms with Crippen LogP contribution in [0.3, 0.4) is 0 Å². The standard InChI is InChI=1S/C15H17N5O/c1-11-9-13(19(2)18-11)15(21)16-7-6-12-10-20-8-4-3-5-14(20)17-12/h3-5,8-10H,6-7H2,1-2H3,(H,16,21). The van der Waals surface area contributed by atoms with E-state index in [0.717, 1.165) is 17.0 Å². The topological polar surface area (TPSA) is 64.2 Å². The van der Waals surface area contributed by atoms with Crippen LogP contribution in [0.25, 0.3) is 5.65 Å². The van der Waals surface area contributed by atoms with Crippen LogP contribution >= 0.6 is 0 Å². The summed E-state index contributed by atoms with van der Waals surface area (Å²) in [6.45, 7) is 2.42. The van der Waals surface area contributed by atoms with Crippen molar-refractivity contribution in [3.05, 3.63) is 53.7 Å². The number of hydrogen-bond donors (Lipinski definition) is 1. The first-order valence-electron chi connectivity index (χ1n) is 6.85. The van der Waals surface area contributed by atoms with E-state index >= 15 is 0 Å². The normalized spacial score (nSPS) is 11.0. The Hall–Kier alpha value is -2.63. The molecule has 0 bridgehead atoms. The first-order valence-corrected chi connectivity index (χ1v) is 6.85. The average Bonchev–Trinajstić information content (AvgIpc) is 3.01. The van der Waals surface area contributed by atoms with Crippen LogP contribution in [0.15, 0.2) is 36.7 Å². The van der Waals surface area contributed by atoms with Crippen LogP contribution < -0.4 is 5.32 Å². The van der Waals surface area contributed by atoms with Gasteiger partial charge < -0.3 is 9.72 Å². The lowest BCUT2D eigenvalue weighted by atomic mass is 10.3. The molecule has 0 saturated carbocycles. The minimum atomic E-state index is -0.109.